The molecule has 0 amide bonds. The van der Waals surface area contributed by atoms with Crippen LogP contribution in [0.2, 0.25) is 0 Å². The Morgan fingerprint density at radius 3 is 2.78 bits per heavy atom. The van der Waals surface area contributed by atoms with Crippen molar-refractivity contribution in [3.8, 4) is 17.6 Å². The van der Waals surface area contributed by atoms with Crippen molar-refractivity contribution in [2.45, 2.75) is 43.4 Å². The molecule has 1 saturated heterocycles. The number of methoxy groups -OCH3 is 1. The number of anilines is 2. The van der Waals surface area contributed by atoms with Gasteiger partial charge in [-0.15, -0.1) is 0 Å². The average molecular weight is 513 g/mol. The van der Waals surface area contributed by atoms with E-state index >= 15 is 0 Å². The number of aryl methyl sites for hydroxylation is 1. The third kappa shape index (κ3) is 5.77. The van der Waals surface area contributed by atoms with E-state index < -0.39 is 16.0 Å². The minimum atomic E-state index is -3.32. The number of hydrogen-bond acceptors (Lipinski definition) is 6. The molecule has 0 radical (unpaired) electrons. The molecule has 1 aromatic heterocycles. The van der Waals surface area contributed by atoms with Crippen molar-refractivity contribution in [1.29, 1.82) is 0 Å². The number of nitrogens with zero attached hydrogens (tertiary/aromatic N) is 1. The molecule has 2 aromatic carbocycles. The zero-order valence-electron chi connectivity index (χ0n) is 20.9. The predicted molar refractivity (Wildman–Crippen MR) is 143 cm³/mol. The van der Waals surface area contributed by atoms with E-state index in [4.69, 9.17) is 4.74 Å². The van der Waals surface area contributed by atoms with E-state index in [0.29, 0.717) is 24.5 Å². The van der Waals surface area contributed by atoms with Crippen LogP contribution < -0.4 is 20.7 Å². The summed E-state index contributed by atoms with van der Waals surface area (Å²) < 4.78 is 45.6. The smallest absolute Gasteiger partial charge is 0.175 e. The molecule has 4 rings (SSSR count). The first kappa shape index (κ1) is 25.9. The molecule has 2 atom stereocenters. The highest BCUT2D eigenvalue weighted by molar-refractivity contribution is 7.90. The number of alkyl halides is 1. The van der Waals surface area contributed by atoms with Gasteiger partial charge in [-0.05, 0) is 55.6 Å². The van der Waals surface area contributed by atoms with Crippen LogP contribution in [-0.2, 0) is 16.4 Å². The lowest BCUT2D eigenvalue weighted by Gasteiger charge is -2.28. The Kier molecular flexibility index (Phi) is 8.07. The number of ether oxygens (including phenoxy) is 1. The van der Waals surface area contributed by atoms with Crippen LogP contribution in [0.1, 0.15) is 25.5 Å². The van der Waals surface area contributed by atoms with E-state index in [9.17, 15) is 12.8 Å². The van der Waals surface area contributed by atoms with Crippen LogP contribution in [0.4, 0.5) is 15.8 Å². The van der Waals surface area contributed by atoms with Gasteiger partial charge in [-0.2, -0.15) is 0 Å². The molecule has 36 heavy (non-hydrogen) atoms. The SMILES string of the molecule is CCCn1c(C#CCNc2ccc(S(C)(=O)=O)cc2OC)cc2c(N[C@H]3CCNC[C@H]3F)cccc21. The van der Waals surface area contributed by atoms with Crippen LogP contribution >= 0.6 is 0 Å². The molecule has 1 aliphatic heterocycles. The molecule has 0 aliphatic carbocycles. The second-order valence-corrected chi connectivity index (χ2v) is 11.0. The van der Waals surface area contributed by atoms with Crippen molar-refractivity contribution in [2.75, 3.05) is 43.6 Å². The van der Waals surface area contributed by atoms with Gasteiger partial charge in [0.1, 0.15) is 11.9 Å². The summed E-state index contributed by atoms with van der Waals surface area (Å²) in [6, 6.07) is 12.7. The highest BCUT2D eigenvalue weighted by Gasteiger charge is 2.25. The Bertz CT molecular complexity index is 1390. The van der Waals surface area contributed by atoms with E-state index in [-0.39, 0.29) is 10.9 Å². The third-order valence-electron chi connectivity index (χ3n) is 6.33. The Morgan fingerprint density at radius 1 is 1.22 bits per heavy atom. The molecule has 192 valence electrons. The summed E-state index contributed by atoms with van der Waals surface area (Å²) in [7, 11) is -1.82. The van der Waals surface area contributed by atoms with Gasteiger partial charge in [0.25, 0.3) is 0 Å². The van der Waals surface area contributed by atoms with Crippen molar-refractivity contribution in [1.82, 2.24) is 9.88 Å². The maximum atomic E-state index is 14.4. The highest BCUT2D eigenvalue weighted by Crippen LogP contribution is 2.30. The lowest BCUT2D eigenvalue weighted by atomic mass is 10.0. The van der Waals surface area contributed by atoms with Gasteiger partial charge in [0.05, 0.1) is 41.5 Å². The quantitative estimate of drug-likeness (QED) is 0.395. The lowest BCUT2D eigenvalue weighted by molar-refractivity contribution is 0.245. The molecule has 3 N–H and O–H groups in total. The largest absolute Gasteiger partial charge is 0.495 e. The Morgan fingerprint density at radius 2 is 2.06 bits per heavy atom. The molecular weight excluding hydrogens is 479 g/mol. The number of sulfone groups is 1. The van der Waals surface area contributed by atoms with Gasteiger partial charge >= 0.3 is 0 Å². The van der Waals surface area contributed by atoms with Crippen LogP contribution in [0.25, 0.3) is 10.9 Å². The molecule has 0 spiro atoms. The molecule has 0 unspecified atom stereocenters. The number of aromatic nitrogens is 1. The molecule has 7 nitrogen and oxygen atoms in total. The summed E-state index contributed by atoms with van der Waals surface area (Å²) in [5.41, 5.74) is 3.56. The summed E-state index contributed by atoms with van der Waals surface area (Å²) in [5, 5.41) is 10.8. The van der Waals surface area contributed by atoms with Crippen molar-refractivity contribution in [3.05, 3.63) is 48.2 Å². The number of halogens is 1. The Labute approximate surface area is 212 Å². The fourth-order valence-electron chi connectivity index (χ4n) is 4.48. The van der Waals surface area contributed by atoms with Crippen LogP contribution in [-0.4, -0.2) is 58.2 Å². The number of piperidine rings is 1. The zero-order valence-corrected chi connectivity index (χ0v) is 21.7. The number of nitrogens with one attached hydrogen (secondary N) is 3. The fraction of sp³-hybridized carbons (Fsp3) is 0.407. The summed E-state index contributed by atoms with van der Waals surface area (Å²) in [5.74, 6) is 6.89. The van der Waals surface area contributed by atoms with Crippen LogP contribution in [0.3, 0.4) is 0 Å². The molecule has 9 heteroatoms. The second kappa shape index (κ2) is 11.2. The van der Waals surface area contributed by atoms with E-state index in [1.54, 1.807) is 12.1 Å². The minimum Gasteiger partial charge on any atom is -0.495 e. The van der Waals surface area contributed by atoms with E-state index in [1.165, 1.54) is 19.4 Å². The molecule has 3 aromatic rings. The van der Waals surface area contributed by atoms with Gasteiger partial charge in [-0.3, -0.25) is 0 Å². The summed E-state index contributed by atoms with van der Waals surface area (Å²) in [4.78, 5) is 0.202. The lowest BCUT2D eigenvalue weighted by Crippen LogP contribution is -2.45. The average Bonchev–Trinajstić information content (AvgIpc) is 3.21. The second-order valence-electron chi connectivity index (χ2n) is 8.97. The van der Waals surface area contributed by atoms with Gasteiger partial charge in [0.15, 0.2) is 9.84 Å². The molecule has 0 bridgehead atoms. The standard InChI is InChI=1S/C27H33FN4O3S/c1-4-15-32-19(7-6-13-30-25-11-10-20(36(3,33)34)17-27(25)35-2)16-21-23(8-5-9-26(21)32)31-24-12-14-29-18-22(24)28/h5,8-11,16-17,22,24,29-31H,4,12-15,18H2,1-3H3/t22-,24+/m1/s1. The Balaban J connectivity index is 1.56. The van der Waals surface area contributed by atoms with Crippen LogP contribution in [0.5, 0.6) is 5.75 Å². The van der Waals surface area contributed by atoms with E-state index in [0.717, 1.165) is 48.2 Å². The predicted octanol–water partition coefficient (Wildman–Crippen LogP) is 4.04. The monoisotopic (exact) mass is 512 g/mol. The number of benzene rings is 2. The van der Waals surface area contributed by atoms with Gasteiger partial charge in [-0.25, -0.2) is 12.8 Å². The van der Waals surface area contributed by atoms with E-state index in [1.807, 2.05) is 12.1 Å². The Hall–Kier alpha value is -3.22. The zero-order chi connectivity index (χ0) is 25.7. The van der Waals surface area contributed by atoms with Crippen molar-refractivity contribution in [3.63, 3.8) is 0 Å². The van der Waals surface area contributed by atoms with Gasteiger partial charge < -0.3 is 25.3 Å². The first-order valence-corrected chi connectivity index (χ1v) is 14.1. The molecule has 2 heterocycles. The van der Waals surface area contributed by atoms with Gasteiger partial charge in [0, 0.05) is 36.5 Å². The number of fused-ring (bicyclic) bond motifs is 1. The number of hydrogen-bond donors (Lipinski definition) is 3. The summed E-state index contributed by atoms with van der Waals surface area (Å²) in [6.45, 7) is 4.48. The number of rotatable bonds is 8. The molecular formula is C27H33FN4O3S. The maximum absolute atomic E-state index is 14.4. The molecule has 1 fully saturated rings. The topological polar surface area (TPSA) is 84.4 Å². The fourth-order valence-corrected chi connectivity index (χ4v) is 5.12. The molecule has 0 saturated carbocycles. The van der Waals surface area contributed by atoms with Gasteiger partial charge in [-0.1, -0.05) is 18.9 Å². The van der Waals surface area contributed by atoms with Crippen molar-refractivity contribution >= 4 is 32.1 Å². The van der Waals surface area contributed by atoms with Crippen molar-refractivity contribution < 1.29 is 17.5 Å². The first-order valence-electron chi connectivity index (χ1n) is 12.2. The molecule has 1 aliphatic rings. The van der Waals surface area contributed by atoms with E-state index in [2.05, 4.69) is 51.4 Å². The minimum absolute atomic E-state index is 0.202. The van der Waals surface area contributed by atoms with Crippen molar-refractivity contribution in [2.24, 2.45) is 0 Å². The maximum Gasteiger partial charge on any atom is 0.175 e. The first-order chi connectivity index (χ1) is 17.3. The highest BCUT2D eigenvalue weighted by atomic mass is 32.2. The summed E-state index contributed by atoms with van der Waals surface area (Å²) in [6.07, 6.45) is 1.93. The van der Waals surface area contributed by atoms with Crippen LogP contribution in [0, 0.1) is 11.8 Å². The normalized spacial score (nSPS) is 17.9. The van der Waals surface area contributed by atoms with Crippen LogP contribution in [0.15, 0.2) is 47.4 Å². The van der Waals surface area contributed by atoms with Gasteiger partial charge in [0.2, 0.25) is 0 Å². The summed E-state index contributed by atoms with van der Waals surface area (Å²) >= 11 is 0. The third-order valence-corrected chi connectivity index (χ3v) is 7.44.